The number of nitrogens with one attached hydrogen (secondary N) is 1. The topological polar surface area (TPSA) is 79.4 Å². The highest BCUT2D eigenvalue weighted by atomic mass is 32.2. The molecule has 0 unspecified atom stereocenters. The smallest absolute Gasteiger partial charge is 0.257 e. The monoisotopic (exact) mass is 379 g/mol. The number of carbonyl (C=O) groups excluding carboxylic acids is 1. The van der Waals surface area contributed by atoms with Gasteiger partial charge >= 0.3 is 0 Å². The fourth-order valence-electron chi connectivity index (χ4n) is 2.92. The third-order valence-corrected chi connectivity index (χ3v) is 6.98. The summed E-state index contributed by atoms with van der Waals surface area (Å²) >= 11 is 1.35. The van der Waals surface area contributed by atoms with Gasteiger partial charge in [0.1, 0.15) is 0 Å². The summed E-state index contributed by atoms with van der Waals surface area (Å²) in [4.78, 5) is 17.8. The van der Waals surface area contributed by atoms with Gasteiger partial charge < -0.3 is 0 Å². The molecular formula is C17H21N3O3S2. The normalized spacial score (nSPS) is 15.0. The molecule has 2 aromatic rings. The predicted octanol–water partition coefficient (Wildman–Crippen LogP) is 2.72. The number of carbonyl (C=O) groups is 1. The van der Waals surface area contributed by atoms with Crippen LogP contribution in [0.25, 0.3) is 0 Å². The van der Waals surface area contributed by atoms with E-state index >= 15 is 0 Å². The molecule has 0 atom stereocenters. The first-order chi connectivity index (χ1) is 11.8. The first-order valence-electron chi connectivity index (χ1n) is 8.14. The lowest BCUT2D eigenvalue weighted by Crippen LogP contribution is -2.36. The molecule has 0 bridgehead atoms. The number of anilines is 1. The van der Waals surface area contributed by atoms with Crippen LogP contribution in [0.4, 0.5) is 5.13 Å². The summed E-state index contributed by atoms with van der Waals surface area (Å²) in [5, 5.41) is 3.36. The van der Waals surface area contributed by atoms with Gasteiger partial charge in [-0.05, 0) is 32.9 Å². The molecular weight excluding hydrogens is 358 g/mol. The van der Waals surface area contributed by atoms with Gasteiger partial charge in [-0.2, -0.15) is 4.31 Å². The molecule has 1 amide bonds. The minimum Gasteiger partial charge on any atom is -0.298 e. The maximum Gasteiger partial charge on any atom is 0.257 e. The van der Waals surface area contributed by atoms with Crippen molar-refractivity contribution >= 4 is 32.4 Å². The molecule has 0 aliphatic carbocycles. The maximum atomic E-state index is 12.5. The molecule has 2 heterocycles. The summed E-state index contributed by atoms with van der Waals surface area (Å²) in [6.07, 6.45) is 0.574. The Kier molecular flexibility index (Phi) is 4.95. The number of sulfonamides is 1. The summed E-state index contributed by atoms with van der Waals surface area (Å²) in [5.41, 5.74) is 3.54. The van der Waals surface area contributed by atoms with Gasteiger partial charge in [0.15, 0.2) is 5.13 Å². The largest absolute Gasteiger partial charge is 0.298 e. The van der Waals surface area contributed by atoms with E-state index in [0.717, 1.165) is 21.7 Å². The highest BCUT2D eigenvalue weighted by Crippen LogP contribution is 2.29. The van der Waals surface area contributed by atoms with E-state index in [1.807, 2.05) is 32.0 Å². The van der Waals surface area contributed by atoms with Gasteiger partial charge in [-0.3, -0.25) is 10.1 Å². The number of aromatic nitrogens is 1. The van der Waals surface area contributed by atoms with Gasteiger partial charge in [-0.15, -0.1) is 11.3 Å². The van der Waals surface area contributed by atoms with Crippen LogP contribution in [0, 0.1) is 13.8 Å². The van der Waals surface area contributed by atoms with Gasteiger partial charge in [0.25, 0.3) is 5.91 Å². The van der Waals surface area contributed by atoms with E-state index in [0.29, 0.717) is 30.2 Å². The van der Waals surface area contributed by atoms with E-state index in [9.17, 15) is 13.2 Å². The number of thiazole rings is 1. The number of nitrogens with zero attached hydrogens (tertiary/aromatic N) is 2. The third kappa shape index (κ3) is 3.91. The number of hydrogen-bond acceptors (Lipinski definition) is 5. The SMILES string of the molecule is CCS(=O)(=O)N1CCc2nc(NC(=O)c3cc(C)cc(C)c3)sc2C1. The maximum absolute atomic E-state index is 12.5. The third-order valence-electron chi connectivity index (χ3n) is 4.16. The summed E-state index contributed by atoms with van der Waals surface area (Å²) in [6.45, 7) is 6.33. The Labute approximate surface area is 151 Å². The summed E-state index contributed by atoms with van der Waals surface area (Å²) in [6, 6.07) is 5.69. The number of aryl methyl sites for hydroxylation is 2. The van der Waals surface area contributed by atoms with E-state index in [1.54, 1.807) is 6.92 Å². The second kappa shape index (κ2) is 6.86. The van der Waals surface area contributed by atoms with Crippen molar-refractivity contribution in [1.29, 1.82) is 0 Å². The fourth-order valence-corrected chi connectivity index (χ4v) is 5.08. The van der Waals surface area contributed by atoms with Crippen molar-refractivity contribution in [3.8, 4) is 0 Å². The number of amides is 1. The number of benzene rings is 1. The summed E-state index contributed by atoms with van der Waals surface area (Å²) in [5.74, 6) is -0.104. The highest BCUT2D eigenvalue weighted by Gasteiger charge is 2.28. The summed E-state index contributed by atoms with van der Waals surface area (Å²) in [7, 11) is -3.21. The second-order valence-electron chi connectivity index (χ2n) is 6.20. The molecule has 1 N–H and O–H groups in total. The minimum absolute atomic E-state index is 0.0947. The second-order valence-corrected chi connectivity index (χ2v) is 9.54. The molecule has 0 saturated heterocycles. The van der Waals surface area contributed by atoms with Crippen molar-refractivity contribution in [2.75, 3.05) is 17.6 Å². The quantitative estimate of drug-likeness (QED) is 0.886. The highest BCUT2D eigenvalue weighted by molar-refractivity contribution is 7.89. The Morgan fingerprint density at radius 2 is 1.96 bits per heavy atom. The average Bonchev–Trinajstić information content (AvgIpc) is 2.95. The molecule has 1 aliphatic heterocycles. The molecule has 134 valence electrons. The lowest BCUT2D eigenvalue weighted by Gasteiger charge is -2.24. The van der Waals surface area contributed by atoms with Crippen LogP contribution < -0.4 is 5.32 Å². The average molecular weight is 380 g/mol. The Hall–Kier alpha value is -1.77. The molecule has 1 aromatic heterocycles. The fraction of sp³-hybridized carbons (Fsp3) is 0.412. The van der Waals surface area contributed by atoms with Gasteiger partial charge in [0.2, 0.25) is 10.0 Å². The zero-order valence-electron chi connectivity index (χ0n) is 14.5. The Balaban J connectivity index is 1.77. The van der Waals surface area contributed by atoms with Crippen LogP contribution in [0.15, 0.2) is 18.2 Å². The molecule has 1 aromatic carbocycles. The number of fused-ring (bicyclic) bond motifs is 1. The lowest BCUT2D eigenvalue weighted by molar-refractivity contribution is 0.102. The van der Waals surface area contributed by atoms with Gasteiger partial charge in [0.05, 0.1) is 11.4 Å². The zero-order valence-corrected chi connectivity index (χ0v) is 16.1. The van der Waals surface area contributed by atoms with Crippen molar-refractivity contribution in [3.05, 3.63) is 45.5 Å². The first-order valence-corrected chi connectivity index (χ1v) is 10.6. The molecule has 25 heavy (non-hydrogen) atoms. The van der Waals surface area contributed by atoms with Crippen LogP contribution in [-0.2, 0) is 23.0 Å². The molecule has 3 rings (SSSR count). The zero-order chi connectivity index (χ0) is 18.2. The van der Waals surface area contributed by atoms with Crippen molar-refractivity contribution in [2.45, 2.75) is 33.7 Å². The first kappa shape index (κ1) is 18.0. The molecule has 6 nitrogen and oxygen atoms in total. The van der Waals surface area contributed by atoms with Gasteiger partial charge in [-0.25, -0.2) is 13.4 Å². The lowest BCUT2D eigenvalue weighted by atomic mass is 10.1. The van der Waals surface area contributed by atoms with Crippen LogP contribution in [0.2, 0.25) is 0 Å². The van der Waals surface area contributed by atoms with Gasteiger partial charge in [0, 0.05) is 30.0 Å². The Morgan fingerprint density at radius 3 is 2.60 bits per heavy atom. The van der Waals surface area contributed by atoms with Crippen molar-refractivity contribution < 1.29 is 13.2 Å². The van der Waals surface area contributed by atoms with Gasteiger partial charge in [-0.1, -0.05) is 17.2 Å². The number of hydrogen-bond donors (Lipinski definition) is 1. The number of rotatable bonds is 4. The van der Waals surface area contributed by atoms with Crippen molar-refractivity contribution in [2.24, 2.45) is 0 Å². The van der Waals surface area contributed by atoms with Crippen molar-refractivity contribution in [3.63, 3.8) is 0 Å². The molecule has 1 aliphatic rings. The molecule has 0 radical (unpaired) electrons. The van der Waals surface area contributed by atoms with Crippen LogP contribution in [0.1, 0.15) is 39.0 Å². The van der Waals surface area contributed by atoms with Crippen LogP contribution in [-0.4, -0.2) is 35.9 Å². The summed E-state index contributed by atoms with van der Waals surface area (Å²) < 4.78 is 25.6. The van der Waals surface area contributed by atoms with Crippen LogP contribution in [0.3, 0.4) is 0 Å². The minimum atomic E-state index is -3.21. The molecule has 0 spiro atoms. The molecule has 0 fully saturated rings. The van der Waals surface area contributed by atoms with E-state index in [-0.39, 0.29) is 11.7 Å². The van der Waals surface area contributed by atoms with E-state index in [1.165, 1.54) is 15.6 Å². The standard InChI is InChI=1S/C17H21N3O3S2/c1-4-25(22,23)20-6-5-14-15(10-20)24-17(18-14)19-16(21)13-8-11(2)7-12(3)9-13/h7-9H,4-6,10H2,1-3H3,(H,18,19,21). The Morgan fingerprint density at radius 1 is 1.28 bits per heavy atom. The van der Waals surface area contributed by atoms with E-state index in [4.69, 9.17) is 0 Å². The van der Waals surface area contributed by atoms with Crippen LogP contribution in [0.5, 0.6) is 0 Å². The van der Waals surface area contributed by atoms with E-state index < -0.39 is 10.0 Å². The predicted molar refractivity (Wildman–Crippen MR) is 99.6 cm³/mol. The van der Waals surface area contributed by atoms with E-state index in [2.05, 4.69) is 10.3 Å². The molecule has 0 saturated carbocycles. The van der Waals surface area contributed by atoms with Crippen LogP contribution >= 0.6 is 11.3 Å². The van der Waals surface area contributed by atoms with Crippen molar-refractivity contribution in [1.82, 2.24) is 9.29 Å². The molecule has 8 heteroatoms. The Bertz CT molecular complexity index is 899.